The van der Waals surface area contributed by atoms with Gasteiger partial charge in [-0.05, 0) is 82.2 Å². The van der Waals surface area contributed by atoms with E-state index in [1.165, 1.54) is 12.1 Å². The van der Waals surface area contributed by atoms with Crippen molar-refractivity contribution in [3.8, 4) is 17.0 Å². The summed E-state index contributed by atoms with van der Waals surface area (Å²) in [7, 11) is 0. The molecule has 228 valence electrons. The van der Waals surface area contributed by atoms with Gasteiger partial charge in [0.2, 0.25) is 5.28 Å². The molecule has 2 aromatic heterocycles. The van der Waals surface area contributed by atoms with Crippen LogP contribution in [0.4, 0.5) is 18.0 Å². The van der Waals surface area contributed by atoms with Gasteiger partial charge in [0.25, 0.3) is 0 Å². The van der Waals surface area contributed by atoms with E-state index in [2.05, 4.69) is 15.0 Å². The summed E-state index contributed by atoms with van der Waals surface area (Å²) in [4.78, 5) is 26.9. The minimum absolute atomic E-state index is 0.0754. The third-order valence-corrected chi connectivity index (χ3v) is 7.69. The summed E-state index contributed by atoms with van der Waals surface area (Å²) in [5.74, 6) is 0.283. The van der Waals surface area contributed by atoms with Crippen LogP contribution in [0.15, 0.2) is 24.5 Å². The molecular weight excluding hydrogens is 575 g/mol. The van der Waals surface area contributed by atoms with E-state index in [9.17, 15) is 18.0 Å². The lowest BCUT2D eigenvalue weighted by atomic mass is 9.94. The van der Waals surface area contributed by atoms with E-state index in [4.69, 9.17) is 25.8 Å². The number of likely N-dealkylation sites (tertiary alicyclic amines) is 1. The topological polar surface area (TPSA) is 91.6 Å². The number of nitrogens with zero attached hydrogens (tertiary/aromatic N) is 5. The minimum atomic E-state index is -4.65. The van der Waals surface area contributed by atoms with Crippen LogP contribution in [0, 0.1) is 11.8 Å². The summed E-state index contributed by atoms with van der Waals surface area (Å²) in [6.45, 7) is 8.62. The van der Waals surface area contributed by atoms with Gasteiger partial charge in [-0.15, -0.1) is 0 Å². The monoisotopic (exact) mass is 609 g/mol. The standard InChI is InChI=1S/C29H35ClF3N5O4/c1-28(2,3)42-27(39)37-10-6-18(7-11-37)9-13-41-22-5-4-20(14-21(22)29(31,32)33)23-24-25(36-26(30)35-23)38(17-34-24)15-19-8-12-40-16-19/h4-5,14,17-19H,6-13,15-16H2,1-3H3. The summed E-state index contributed by atoms with van der Waals surface area (Å²) in [5, 5.41) is -0.0754. The van der Waals surface area contributed by atoms with Gasteiger partial charge in [0.1, 0.15) is 22.6 Å². The Morgan fingerprint density at radius 3 is 2.55 bits per heavy atom. The predicted molar refractivity (Wildman–Crippen MR) is 150 cm³/mol. The zero-order valence-electron chi connectivity index (χ0n) is 23.9. The van der Waals surface area contributed by atoms with Crippen molar-refractivity contribution in [2.75, 3.05) is 32.9 Å². The highest BCUT2D eigenvalue weighted by Crippen LogP contribution is 2.40. The number of hydrogen-bond donors (Lipinski definition) is 0. The van der Waals surface area contributed by atoms with Crippen molar-refractivity contribution in [2.45, 2.75) is 64.8 Å². The van der Waals surface area contributed by atoms with Crippen molar-refractivity contribution in [1.82, 2.24) is 24.4 Å². The highest BCUT2D eigenvalue weighted by atomic mass is 35.5. The van der Waals surface area contributed by atoms with E-state index in [1.54, 1.807) is 11.2 Å². The quantitative estimate of drug-likeness (QED) is 0.278. The number of alkyl halides is 3. The maximum atomic E-state index is 14.2. The Balaban J connectivity index is 1.27. The van der Waals surface area contributed by atoms with Gasteiger partial charge in [0.05, 0.1) is 25.1 Å². The molecule has 2 aliphatic heterocycles. The van der Waals surface area contributed by atoms with Gasteiger partial charge in [-0.2, -0.15) is 18.2 Å². The first kappa shape index (κ1) is 30.3. The number of rotatable bonds is 7. The van der Waals surface area contributed by atoms with Gasteiger partial charge in [0, 0.05) is 37.7 Å². The van der Waals surface area contributed by atoms with E-state index < -0.39 is 17.3 Å². The van der Waals surface area contributed by atoms with Crippen LogP contribution in [-0.4, -0.2) is 69.0 Å². The molecule has 4 heterocycles. The predicted octanol–water partition coefficient (Wildman–Crippen LogP) is 6.62. The Bertz CT molecular complexity index is 1410. The molecule has 1 amide bonds. The van der Waals surface area contributed by atoms with Crippen LogP contribution in [0.1, 0.15) is 52.0 Å². The van der Waals surface area contributed by atoms with Crippen LogP contribution < -0.4 is 4.74 Å². The third kappa shape index (κ3) is 7.26. The normalized spacial score (nSPS) is 18.5. The number of imidazole rings is 1. The van der Waals surface area contributed by atoms with E-state index in [0.29, 0.717) is 56.4 Å². The first-order valence-corrected chi connectivity index (χ1v) is 14.5. The number of halogens is 4. The van der Waals surface area contributed by atoms with Gasteiger partial charge in [-0.25, -0.2) is 14.8 Å². The van der Waals surface area contributed by atoms with E-state index in [-0.39, 0.29) is 40.9 Å². The average molecular weight is 610 g/mol. The summed E-state index contributed by atoms with van der Waals surface area (Å²) >= 11 is 6.21. The molecule has 5 rings (SSSR count). The van der Waals surface area contributed by atoms with Crippen LogP contribution in [0.2, 0.25) is 5.28 Å². The van der Waals surface area contributed by atoms with Crippen molar-refractivity contribution in [1.29, 1.82) is 0 Å². The van der Waals surface area contributed by atoms with E-state index in [0.717, 1.165) is 25.3 Å². The van der Waals surface area contributed by atoms with Crippen LogP contribution in [-0.2, 0) is 22.2 Å². The van der Waals surface area contributed by atoms with Gasteiger partial charge in [-0.1, -0.05) is 0 Å². The lowest BCUT2D eigenvalue weighted by Crippen LogP contribution is -2.41. The average Bonchev–Trinajstić information content (AvgIpc) is 3.58. The Morgan fingerprint density at radius 1 is 1.12 bits per heavy atom. The number of amides is 1. The van der Waals surface area contributed by atoms with E-state index in [1.807, 2.05) is 25.3 Å². The first-order chi connectivity index (χ1) is 19.9. The van der Waals surface area contributed by atoms with Gasteiger partial charge in [0.15, 0.2) is 5.65 Å². The van der Waals surface area contributed by atoms with Crippen molar-refractivity contribution in [3.05, 3.63) is 35.4 Å². The van der Waals surface area contributed by atoms with Gasteiger partial charge in [-0.3, -0.25) is 0 Å². The summed E-state index contributed by atoms with van der Waals surface area (Å²) in [6, 6.07) is 3.88. The molecule has 0 radical (unpaired) electrons. The van der Waals surface area contributed by atoms with Gasteiger partial charge < -0.3 is 23.7 Å². The Labute approximate surface area is 247 Å². The van der Waals surface area contributed by atoms with Crippen molar-refractivity contribution >= 4 is 28.9 Å². The third-order valence-electron chi connectivity index (χ3n) is 7.52. The number of carbonyl (C=O) groups excluding carboxylic acids is 1. The molecule has 1 atom stereocenters. The Hall–Kier alpha value is -3.12. The smallest absolute Gasteiger partial charge is 0.419 e. The number of carbonyl (C=O) groups is 1. The number of benzene rings is 1. The lowest BCUT2D eigenvalue weighted by Gasteiger charge is -2.33. The fourth-order valence-electron chi connectivity index (χ4n) is 5.35. The van der Waals surface area contributed by atoms with E-state index >= 15 is 0 Å². The molecule has 13 heteroatoms. The molecule has 1 unspecified atom stereocenters. The number of hydrogen-bond acceptors (Lipinski definition) is 7. The second kappa shape index (κ2) is 12.2. The van der Waals surface area contributed by atoms with Crippen LogP contribution in [0.5, 0.6) is 5.75 Å². The molecule has 3 aromatic rings. The minimum Gasteiger partial charge on any atom is -0.493 e. The zero-order valence-corrected chi connectivity index (χ0v) is 24.7. The zero-order chi connectivity index (χ0) is 30.1. The van der Waals surface area contributed by atoms with Crippen molar-refractivity contribution in [3.63, 3.8) is 0 Å². The molecule has 0 saturated carbocycles. The molecule has 0 N–H and O–H groups in total. The second-order valence-electron chi connectivity index (χ2n) is 11.9. The van der Waals surface area contributed by atoms with Crippen molar-refractivity contribution < 1.29 is 32.2 Å². The van der Waals surface area contributed by atoms with Crippen LogP contribution in [0.25, 0.3) is 22.4 Å². The molecule has 0 bridgehead atoms. The molecular formula is C29H35ClF3N5O4. The second-order valence-corrected chi connectivity index (χ2v) is 12.2. The fourth-order valence-corrected chi connectivity index (χ4v) is 5.51. The molecule has 2 aliphatic rings. The van der Waals surface area contributed by atoms with Gasteiger partial charge >= 0.3 is 12.3 Å². The summed E-state index contributed by atoms with van der Waals surface area (Å²) < 4.78 is 60.9. The maximum Gasteiger partial charge on any atom is 0.419 e. The SMILES string of the molecule is CC(C)(C)OC(=O)N1CCC(CCOc2ccc(-c3nc(Cl)nc4c3ncn4CC3CCOC3)cc2C(F)(F)F)CC1. The number of piperidine rings is 1. The Morgan fingerprint density at radius 2 is 1.88 bits per heavy atom. The molecule has 1 aromatic carbocycles. The number of aromatic nitrogens is 4. The highest BCUT2D eigenvalue weighted by Gasteiger charge is 2.35. The molecule has 0 aliphatic carbocycles. The molecule has 42 heavy (non-hydrogen) atoms. The molecule has 9 nitrogen and oxygen atoms in total. The van der Waals surface area contributed by atoms with Crippen LogP contribution >= 0.6 is 11.6 Å². The Kier molecular flexibility index (Phi) is 8.84. The highest BCUT2D eigenvalue weighted by molar-refractivity contribution is 6.28. The maximum absolute atomic E-state index is 14.2. The lowest BCUT2D eigenvalue weighted by molar-refractivity contribution is -0.138. The molecule has 0 spiro atoms. The fraction of sp³-hybridized carbons (Fsp3) is 0.586. The number of fused-ring (bicyclic) bond motifs is 1. The number of ether oxygens (including phenoxy) is 3. The first-order valence-electron chi connectivity index (χ1n) is 14.2. The summed E-state index contributed by atoms with van der Waals surface area (Å²) in [5.41, 5.74) is -0.189. The molecule has 2 saturated heterocycles. The molecule has 2 fully saturated rings. The van der Waals surface area contributed by atoms with Crippen molar-refractivity contribution in [2.24, 2.45) is 11.8 Å². The summed E-state index contributed by atoms with van der Waals surface area (Å²) in [6.07, 6.45) is -0.430. The van der Waals surface area contributed by atoms with Crippen LogP contribution in [0.3, 0.4) is 0 Å². The largest absolute Gasteiger partial charge is 0.493 e.